The first-order chi connectivity index (χ1) is 14.1. The molecule has 0 fully saturated rings. The fourth-order valence-corrected chi connectivity index (χ4v) is 3.65. The molecule has 3 aromatic rings. The molecule has 0 radical (unpaired) electrons. The van der Waals surface area contributed by atoms with Crippen LogP contribution in [0.2, 0.25) is 0 Å². The van der Waals surface area contributed by atoms with Gasteiger partial charge in [-0.1, -0.05) is 30.3 Å². The van der Waals surface area contributed by atoms with Crippen molar-refractivity contribution in [2.75, 3.05) is 7.11 Å². The number of aromatic nitrogens is 1. The molecule has 1 N–H and O–H groups in total. The van der Waals surface area contributed by atoms with Gasteiger partial charge in [0.25, 0.3) is 5.91 Å². The number of methoxy groups -OCH3 is 1. The number of nitro groups is 1. The van der Waals surface area contributed by atoms with E-state index in [1.165, 1.54) is 24.8 Å². The smallest absolute Gasteiger partial charge is 0.311 e. The lowest BCUT2D eigenvalue weighted by atomic mass is 10.1. The minimum atomic E-state index is -0.504. The number of benzene rings is 2. The molecule has 1 aliphatic carbocycles. The van der Waals surface area contributed by atoms with Gasteiger partial charge in [0.2, 0.25) is 0 Å². The van der Waals surface area contributed by atoms with Crippen LogP contribution in [0.25, 0.3) is 11.3 Å². The molecule has 29 heavy (non-hydrogen) atoms. The maximum absolute atomic E-state index is 12.8. The van der Waals surface area contributed by atoms with Crippen LogP contribution in [-0.2, 0) is 6.42 Å². The number of amides is 1. The predicted molar refractivity (Wildman–Crippen MR) is 108 cm³/mol. The van der Waals surface area contributed by atoms with Gasteiger partial charge >= 0.3 is 5.69 Å². The fourth-order valence-electron chi connectivity index (χ4n) is 3.65. The number of carbonyl (C=O) groups is 1. The molecule has 1 atom stereocenters. The molecule has 7 heteroatoms. The Morgan fingerprint density at radius 3 is 2.79 bits per heavy atom. The monoisotopic (exact) mass is 389 g/mol. The van der Waals surface area contributed by atoms with E-state index in [9.17, 15) is 14.9 Å². The second-order valence-corrected chi connectivity index (χ2v) is 6.82. The highest BCUT2D eigenvalue weighted by Crippen LogP contribution is 2.32. The van der Waals surface area contributed by atoms with Crippen molar-refractivity contribution in [3.05, 3.63) is 87.6 Å². The molecule has 7 nitrogen and oxygen atoms in total. The normalized spacial score (nSPS) is 14.9. The number of nitrogens with zero attached hydrogens (tertiary/aromatic N) is 2. The molecular formula is C22H19N3O4. The van der Waals surface area contributed by atoms with Crippen LogP contribution in [0.4, 0.5) is 5.69 Å². The Hall–Kier alpha value is -3.74. The van der Waals surface area contributed by atoms with E-state index in [-0.39, 0.29) is 29.1 Å². The number of rotatable bonds is 5. The molecule has 0 spiro atoms. The molecule has 0 aliphatic heterocycles. The van der Waals surface area contributed by atoms with Crippen LogP contribution in [0.1, 0.15) is 34.1 Å². The molecule has 1 aliphatic rings. The highest BCUT2D eigenvalue weighted by Gasteiger charge is 2.24. The molecule has 146 valence electrons. The summed E-state index contributed by atoms with van der Waals surface area (Å²) in [6, 6.07) is 17.7. The number of nitrogens with one attached hydrogen (secondary N) is 1. The lowest BCUT2D eigenvalue weighted by molar-refractivity contribution is -0.385. The largest absolute Gasteiger partial charge is 0.490 e. The van der Waals surface area contributed by atoms with Gasteiger partial charge in [-0.05, 0) is 48.2 Å². The van der Waals surface area contributed by atoms with E-state index in [0.717, 1.165) is 18.4 Å². The molecule has 0 saturated carbocycles. The highest BCUT2D eigenvalue weighted by atomic mass is 16.6. The van der Waals surface area contributed by atoms with Gasteiger partial charge in [-0.15, -0.1) is 0 Å². The average Bonchev–Trinajstić information content (AvgIpc) is 3.16. The molecular weight excluding hydrogens is 370 g/mol. The molecule has 0 bridgehead atoms. The summed E-state index contributed by atoms with van der Waals surface area (Å²) in [5.41, 5.74) is 3.54. The Morgan fingerprint density at radius 1 is 1.17 bits per heavy atom. The van der Waals surface area contributed by atoms with E-state index in [1.807, 2.05) is 18.2 Å². The summed E-state index contributed by atoms with van der Waals surface area (Å²) in [7, 11) is 1.38. The Kier molecular flexibility index (Phi) is 4.95. The first kappa shape index (κ1) is 18.6. The maximum atomic E-state index is 12.8. The summed E-state index contributed by atoms with van der Waals surface area (Å²) in [4.78, 5) is 28.0. The van der Waals surface area contributed by atoms with Crippen molar-refractivity contribution in [2.45, 2.75) is 18.9 Å². The molecule has 1 unspecified atom stereocenters. The molecule has 0 saturated heterocycles. The van der Waals surface area contributed by atoms with Crippen LogP contribution in [0.15, 0.2) is 60.7 Å². The number of carbonyl (C=O) groups excluding carboxylic acids is 1. The van der Waals surface area contributed by atoms with Gasteiger partial charge in [-0.2, -0.15) is 0 Å². The second-order valence-electron chi connectivity index (χ2n) is 6.82. The predicted octanol–water partition coefficient (Wildman–Crippen LogP) is 4.08. The van der Waals surface area contributed by atoms with Gasteiger partial charge < -0.3 is 10.1 Å². The maximum Gasteiger partial charge on any atom is 0.311 e. The fraction of sp³-hybridized carbons (Fsp3) is 0.182. The third kappa shape index (κ3) is 3.67. The van der Waals surface area contributed by atoms with Gasteiger partial charge in [0.15, 0.2) is 5.75 Å². The van der Waals surface area contributed by atoms with Gasteiger partial charge in [0.1, 0.15) is 5.69 Å². The molecule has 4 rings (SSSR count). The molecule has 1 heterocycles. The third-order valence-corrected chi connectivity index (χ3v) is 5.09. The number of hydrogen-bond donors (Lipinski definition) is 1. The Bertz CT molecular complexity index is 1100. The summed E-state index contributed by atoms with van der Waals surface area (Å²) in [6.45, 7) is 0. The van der Waals surface area contributed by atoms with Crippen molar-refractivity contribution in [1.82, 2.24) is 10.3 Å². The lowest BCUT2D eigenvalue weighted by Crippen LogP contribution is -2.27. The summed E-state index contributed by atoms with van der Waals surface area (Å²) in [5.74, 6) is -0.0934. The van der Waals surface area contributed by atoms with Crippen LogP contribution in [0.5, 0.6) is 5.75 Å². The second kappa shape index (κ2) is 7.71. The summed E-state index contributed by atoms with van der Waals surface area (Å²) in [5, 5.41) is 14.3. The molecule has 2 aromatic carbocycles. The summed E-state index contributed by atoms with van der Waals surface area (Å²) >= 11 is 0. The third-order valence-electron chi connectivity index (χ3n) is 5.09. The van der Waals surface area contributed by atoms with Crippen LogP contribution in [0.3, 0.4) is 0 Å². The van der Waals surface area contributed by atoms with E-state index >= 15 is 0 Å². The number of fused-ring (bicyclic) bond motifs is 1. The molecule has 1 aromatic heterocycles. The van der Waals surface area contributed by atoms with Gasteiger partial charge in [-0.25, -0.2) is 4.98 Å². The summed E-state index contributed by atoms with van der Waals surface area (Å²) < 4.78 is 5.04. The van der Waals surface area contributed by atoms with E-state index < -0.39 is 4.92 Å². The first-order valence-corrected chi connectivity index (χ1v) is 9.25. The zero-order valence-electron chi connectivity index (χ0n) is 15.8. The van der Waals surface area contributed by atoms with Crippen LogP contribution < -0.4 is 10.1 Å². The average molecular weight is 389 g/mol. The zero-order valence-corrected chi connectivity index (χ0v) is 15.8. The number of ether oxygens (including phenoxy) is 1. The van der Waals surface area contributed by atoms with Crippen LogP contribution >= 0.6 is 0 Å². The molecule has 1 amide bonds. The van der Waals surface area contributed by atoms with Crippen molar-refractivity contribution >= 4 is 11.6 Å². The quantitative estimate of drug-likeness (QED) is 0.524. The first-order valence-electron chi connectivity index (χ1n) is 9.25. The van der Waals surface area contributed by atoms with E-state index in [0.29, 0.717) is 11.3 Å². The number of nitro benzene ring substituents is 1. The minimum Gasteiger partial charge on any atom is -0.490 e. The standard InChI is InChI=1S/C22H19N3O4/c1-29-21-12-10-15(13-20(21)25(27)28)17-7-4-8-19(23-17)22(26)24-18-11-9-14-5-2-3-6-16(14)18/h2-8,10,12-13,18H,9,11H2,1H3,(H,24,26). The number of pyridine rings is 1. The van der Waals surface area contributed by atoms with Crippen molar-refractivity contribution in [2.24, 2.45) is 0 Å². The SMILES string of the molecule is COc1ccc(-c2cccc(C(=O)NC3CCc4ccccc43)n2)cc1[N+](=O)[O-]. The van der Waals surface area contributed by atoms with Gasteiger partial charge in [-0.3, -0.25) is 14.9 Å². The zero-order chi connectivity index (χ0) is 20.4. The summed E-state index contributed by atoms with van der Waals surface area (Å²) in [6.07, 6.45) is 1.79. The van der Waals surface area contributed by atoms with E-state index in [4.69, 9.17) is 4.74 Å². The number of aryl methyl sites for hydroxylation is 1. The Morgan fingerprint density at radius 2 is 2.00 bits per heavy atom. The minimum absolute atomic E-state index is 0.0359. The lowest BCUT2D eigenvalue weighted by Gasteiger charge is -2.14. The topological polar surface area (TPSA) is 94.4 Å². The van der Waals surface area contributed by atoms with Crippen LogP contribution in [-0.4, -0.2) is 22.9 Å². The Labute approximate surface area is 167 Å². The van der Waals surface area contributed by atoms with Crippen LogP contribution in [0, 0.1) is 10.1 Å². The van der Waals surface area contributed by atoms with Crippen molar-refractivity contribution in [3.8, 4) is 17.0 Å². The van der Waals surface area contributed by atoms with Gasteiger partial charge in [0.05, 0.1) is 23.8 Å². The Balaban J connectivity index is 1.59. The number of hydrogen-bond acceptors (Lipinski definition) is 5. The van der Waals surface area contributed by atoms with Gasteiger partial charge in [0, 0.05) is 11.6 Å². The van der Waals surface area contributed by atoms with Crippen molar-refractivity contribution in [3.63, 3.8) is 0 Å². The highest BCUT2D eigenvalue weighted by molar-refractivity contribution is 5.93. The van der Waals surface area contributed by atoms with Crippen molar-refractivity contribution in [1.29, 1.82) is 0 Å². The van der Waals surface area contributed by atoms with E-state index in [1.54, 1.807) is 24.3 Å². The van der Waals surface area contributed by atoms with E-state index in [2.05, 4.69) is 16.4 Å². The van der Waals surface area contributed by atoms with Crippen molar-refractivity contribution < 1.29 is 14.5 Å².